The van der Waals surface area contributed by atoms with Gasteiger partial charge in [-0.1, -0.05) is 0 Å². The lowest BCUT2D eigenvalue weighted by molar-refractivity contribution is -0.194. The van der Waals surface area contributed by atoms with E-state index in [2.05, 4.69) is 15.5 Å². The quantitative estimate of drug-likeness (QED) is 0.916. The lowest BCUT2D eigenvalue weighted by atomic mass is 10.1. The van der Waals surface area contributed by atoms with Crippen molar-refractivity contribution in [1.29, 1.82) is 0 Å². The summed E-state index contributed by atoms with van der Waals surface area (Å²) in [6.45, 7) is -0.468. The molecule has 1 aliphatic carbocycles. The van der Waals surface area contributed by atoms with Crippen molar-refractivity contribution in [3.63, 3.8) is 0 Å². The Bertz CT molecular complexity index is 696. The topological polar surface area (TPSA) is 69.0 Å². The standard InChI is InChI=1S/C14H13F3N4O2/c15-14(16,17)13(4-5-13)9-23-11-3-7-21(19-11)20-12(22)10-2-1-6-18-8-10/h1-3,6-8H,4-5,9H2,(H,20,22). The van der Waals surface area contributed by atoms with Crippen LogP contribution in [0.15, 0.2) is 36.8 Å². The molecule has 9 heteroatoms. The molecule has 2 aromatic rings. The van der Waals surface area contributed by atoms with Crippen LogP contribution in [0.5, 0.6) is 5.88 Å². The average Bonchev–Trinajstić information content (AvgIpc) is 3.21. The van der Waals surface area contributed by atoms with Crippen molar-refractivity contribution in [2.75, 3.05) is 12.0 Å². The Labute approximate surface area is 129 Å². The van der Waals surface area contributed by atoms with Crippen LogP contribution < -0.4 is 10.2 Å². The number of carbonyl (C=O) groups excluding carboxylic acids is 1. The van der Waals surface area contributed by atoms with Crippen molar-refractivity contribution in [3.05, 3.63) is 42.4 Å². The van der Waals surface area contributed by atoms with Gasteiger partial charge in [-0.05, 0) is 25.0 Å². The number of pyridine rings is 1. The number of halogens is 3. The first-order valence-electron chi connectivity index (χ1n) is 6.86. The number of rotatable bonds is 5. The fourth-order valence-electron chi connectivity index (χ4n) is 1.98. The summed E-state index contributed by atoms with van der Waals surface area (Å²) in [6, 6.07) is 4.57. The summed E-state index contributed by atoms with van der Waals surface area (Å²) in [4.78, 5) is 16.8. The summed E-state index contributed by atoms with van der Waals surface area (Å²) >= 11 is 0. The van der Waals surface area contributed by atoms with Gasteiger partial charge in [-0.2, -0.15) is 18.0 Å². The zero-order valence-corrected chi connectivity index (χ0v) is 11.9. The molecular formula is C14H13F3N4O2. The van der Waals surface area contributed by atoms with Gasteiger partial charge in [0.05, 0.1) is 11.8 Å². The Kier molecular flexibility index (Phi) is 3.70. The molecular weight excluding hydrogens is 313 g/mol. The first-order chi connectivity index (χ1) is 10.9. The van der Waals surface area contributed by atoms with Gasteiger partial charge in [0.15, 0.2) is 0 Å². The van der Waals surface area contributed by atoms with Crippen LogP contribution in [0.3, 0.4) is 0 Å². The number of nitrogens with zero attached hydrogens (tertiary/aromatic N) is 3. The third kappa shape index (κ3) is 3.27. The van der Waals surface area contributed by atoms with Crippen molar-refractivity contribution >= 4 is 5.91 Å². The first kappa shape index (κ1) is 15.3. The van der Waals surface area contributed by atoms with Crippen molar-refractivity contribution in [1.82, 2.24) is 14.9 Å². The number of aromatic nitrogens is 3. The van der Waals surface area contributed by atoms with E-state index in [0.29, 0.717) is 5.56 Å². The molecule has 1 N–H and O–H groups in total. The summed E-state index contributed by atoms with van der Waals surface area (Å²) in [7, 11) is 0. The van der Waals surface area contributed by atoms with E-state index in [1.807, 2.05) is 0 Å². The van der Waals surface area contributed by atoms with Crippen LogP contribution in [0.1, 0.15) is 23.2 Å². The zero-order valence-electron chi connectivity index (χ0n) is 11.9. The number of alkyl halides is 3. The molecule has 0 aromatic carbocycles. The first-order valence-corrected chi connectivity index (χ1v) is 6.86. The molecule has 0 aliphatic heterocycles. The van der Waals surface area contributed by atoms with Gasteiger partial charge >= 0.3 is 6.18 Å². The summed E-state index contributed by atoms with van der Waals surface area (Å²) in [5.74, 6) is -0.422. The van der Waals surface area contributed by atoms with Gasteiger partial charge in [0, 0.05) is 18.5 Å². The molecule has 1 fully saturated rings. The van der Waals surface area contributed by atoms with Crippen LogP contribution in [0.2, 0.25) is 0 Å². The molecule has 0 atom stereocenters. The molecule has 1 amide bonds. The minimum Gasteiger partial charge on any atom is -0.476 e. The molecule has 2 aromatic heterocycles. The number of hydrogen-bond donors (Lipinski definition) is 1. The summed E-state index contributed by atoms with van der Waals surface area (Å²) in [5.41, 5.74) is 1.02. The fraction of sp³-hybridized carbons (Fsp3) is 0.357. The molecule has 1 aliphatic rings. The second-order valence-electron chi connectivity index (χ2n) is 5.35. The van der Waals surface area contributed by atoms with E-state index in [4.69, 9.17) is 4.74 Å². The highest BCUT2D eigenvalue weighted by Crippen LogP contribution is 2.57. The molecule has 3 rings (SSSR count). The highest BCUT2D eigenvalue weighted by Gasteiger charge is 2.63. The van der Waals surface area contributed by atoms with Gasteiger partial charge in [0.2, 0.25) is 5.88 Å². The molecule has 122 valence electrons. The van der Waals surface area contributed by atoms with Gasteiger partial charge < -0.3 is 4.74 Å². The highest BCUT2D eigenvalue weighted by atomic mass is 19.4. The fourth-order valence-corrected chi connectivity index (χ4v) is 1.98. The summed E-state index contributed by atoms with van der Waals surface area (Å²) in [5, 5.41) is 3.86. The SMILES string of the molecule is O=C(Nn1ccc(OCC2(C(F)(F)F)CC2)n1)c1cccnc1. The Morgan fingerprint density at radius 3 is 2.78 bits per heavy atom. The van der Waals surface area contributed by atoms with Gasteiger partial charge in [-0.3, -0.25) is 9.78 Å². The minimum atomic E-state index is -4.27. The zero-order chi connectivity index (χ0) is 16.5. The van der Waals surface area contributed by atoms with Crippen molar-refractivity contribution in [2.45, 2.75) is 19.0 Å². The van der Waals surface area contributed by atoms with E-state index in [1.165, 1.54) is 24.7 Å². The van der Waals surface area contributed by atoms with Crippen LogP contribution in [-0.2, 0) is 0 Å². The van der Waals surface area contributed by atoms with Crippen molar-refractivity contribution in [3.8, 4) is 5.88 Å². The molecule has 1 saturated carbocycles. The van der Waals surface area contributed by atoms with Gasteiger partial charge in [0.25, 0.3) is 5.91 Å². The monoisotopic (exact) mass is 326 g/mol. The average molecular weight is 326 g/mol. The minimum absolute atomic E-state index is 0.0204. The molecule has 0 saturated heterocycles. The predicted octanol–water partition coefficient (Wildman–Crippen LogP) is 2.38. The van der Waals surface area contributed by atoms with Crippen LogP contribution in [0, 0.1) is 5.41 Å². The van der Waals surface area contributed by atoms with Gasteiger partial charge in [-0.25, -0.2) is 5.43 Å². The van der Waals surface area contributed by atoms with Gasteiger partial charge in [0.1, 0.15) is 12.0 Å². The third-order valence-corrected chi connectivity index (χ3v) is 3.66. The van der Waals surface area contributed by atoms with E-state index < -0.39 is 24.1 Å². The van der Waals surface area contributed by atoms with Crippen LogP contribution in [0.4, 0.5) is 13.2 Å². The van der Waals surface area contributed by atoms with Crippen molar-refractivity contribution in [2.24, 2.45) is 5.41 Å². The smallest absolute Gasteiger partial charge is 0.397 e. The molecule has 23 heavy (non-hydrogen) atoms. The lowest BCUT2D eigenvalue weighted by Gasteiger charge is -2.18. The molecule has 0 bridgehead atoms. The van der Waals surface area contributed by atoms with Crippen LogP contribution in [0.25, 0.3) is 0 Å². The summed E-state index contributed by atoms with van der Waals surface area (Å²) < 4.78 is 43.5. The number of amides is 1. The Morgan fingerprint density at radius 1 is 1.39 bits per heavy atom. The maximum Gasteiger partial charge on any atom is 0.397 e. The third-order valence-electron chi connectivity index (χ3n) is 3.66. The van der Waals surface area contributed by atoms with Crippen LogP contribution >= 0.6 is 0 Å². The van der Waals surface area contributed by atoms with E-state index >= 15 is 0 Å². The van der Waals surface area contributed by atoms with E-state index in [-0.39, 0.29) is 18.7 Å². The normalized spacial score (nSPS) is 16.0. The number of hydrogen-bond acceptors (Lipinski definition) is 4. The number of nitrogens with one attached hydrogen (secondary N) is 1. The Balaban J connectivity index is 1.58. The van der Waals surface area contributed by atoms with E-state index in [0.717, 1.165) is 4.79 Å². The number of carbonyl (C=O) groups is 1. The molecule has 0 unspecified atom stereocenters. The molecule has 0 radical (unpaired) electrons. The van der Waals surface area contributed by atoms with Crippen molar-refractivity contribution < 1.29 is 22.7 Å². The largest absolute Gasteiger partial charge is 0.476 e. The molecule has 0 spiro atoms. The van der Waals surface area contributed by atoms with Gasteiger partial charge in [-0.15, -0.1) is 5.10 Å². The predicted molar refractivity (Wildman–Crippen MR) is 73.4 cm³/mol. The summed E-state index contributed by atoms with van der Waals surface area (Å²) in [6.07, 6.45) is 0.159. The Morgan fingerprint density at radius 2 is 2.17 bits per heavy atom. The maximum absolute atomic E-state index is 12.8. The number of ether oxygens (including phenoxy) is 1. The molecule has 6 nitrogen and oxygen atoms in total. The Hall–Kier alpha value is -2.58. The van der Waals surface area contributed by atoms with E-state index in [9.17, 15) is 18.0 Å². The van der Waals surface area contributed by atoms with Crippen LogP contribution in [-0.4, -0.2) is 33.6 Å². The second-order valence-corrected chi connectivity index (χ2v) is 5.35. The highest BCUT2D eigenvalue weighted by molar-refractivity contribution is 5.99. The van der Waals surface area contributed by atoms with E-state index in [1.54, 1.807) is 12.1 Å². The maximum atomic E-state index is 12.8. The molecule has 2 heterocycles. The lowest BCUT2D eigenvalue weighted by Crippen LogP contribution is -2.30. The second kappa shape index (κ2) is 5.56.